The number of aryl methyl sites for hydroxylation is 1. The van der Waals surface area contributed by atoms with Crippen LogP contribution < -0.4 is 10.2 Å². The van der Waals surface area contributed by atoms with Crippen molar-refractivity contribution in [2.24, 2.45) is 5.92 Å². The van der Waals surface area contributed by atoms with Gasteiger partial charge in [-0.05, 0) is 84.4 Å². The number of thioether (sulfide) groups is 1. The molecule has 2 heterocycles. The number of hydrogen-bond donors (Lipinski definition) is 1. The van der Waals surface area contributed by atoms with E-state index in [4.69, 9.17) is 0 Å². The number of aromatic nitrogens is 1. The summed E-state index contributed by atoms with van der Waals surface area (Å²) in [6.07, 6.45) is 6.65. The Hall–Kier alpha value is -2.79. The van der Waals surface area contributed by atoms with E-state index in [2.05, 4.69) is 66.3 Å². The van der Waals surface area contributed by atoms with Gasteiger partial charge in [0.15, 0.2) is 0 Å². The molecule has 1 aliphatic heterocycles. The smallest absolute Gasteiger partial charge is 0.230 e. The van der Waals surface area contributed by atoms with Crippen molar-refractivity contribution in [3.8, 4) is 0 Å². The van der Waals surface area contributed by atoms with E-state index in [1.807, 2.05) is 30.5 Å². The van der Waals surface area contributed by atoms with Crippen LogP contribution in [0.25, 0.3) is 0 Å². The van der Waals surface area contributed by atoms with Gasteiger partial charge in [0.25, 0.3) is 0 Å². The highest BCUT2D eigenvalue weighted by molar-refractivity contribution is 7.99. The minimum absolute atomic E-state index is 0.0386. The first-order valence-electron chi connectivity index (χ1n) is 12.8. The average molecular weight is 488 g/mol. The van der Waals surface area contributed by atoms with Gasteiger partial charge in [0.05, 0.1) is 6.42 Å². The molecule has 4 nitrogen and oxygen atoms in total. The van der Waals surface area contributed by atoms with Crippen LogP contribution in [0.15, 0.2) is 65.7 Å². The lowest BCUT2D eigenvalue weighted by Gasteiger charge is -2.32. The topological polar surface area (TPSA) is 45.2 Å². The SMILES string of the molecule is CCSc1ccc(CC(=O)Nc2ccc(CCN3CCCc4ccc(CC(C)C)cc43)cc2)nc1. The summed E-state index contributed by atoms with van der Waals surface area (Å²) < 4.78 is 0. The number of pyridine rings is 1. The van der Waals surface area contributed by atoms with E-state index in [1.165, 1.54) is 35.2 Å². The van der Waals surface area contributed by atoms with Crippen molar-refractivity contribution < 1.29 is 4.79 Å². The van der Waals surface area contributed by atoms with Crippen molar-refractivity contribution in [2.45, 2.75) is 57.8 Å². The summed E-state index contributed by atoms with van der Waals surface area (Å²) in [6, 6.07) is 19.3. The Morgan fingerprint density at radius 2 is 1.89 bits per heavy atom. The highest BCUT2D eigenvalue weighted by Crippen LogP contribution is 2.29. The molecule has 0 radical (unpaired) electrons. The predicted molar refractivity (Wildman–Crippen MR) is 149 cm³/mol. The molecule has 1 amide bonds. The molecule has 1 N–H and O–H groups in total. The maximum Gasteiger partial charge on any atom is 0.230 e. The van der Waals surface area contributed by atoms with Crippen molar-refractivity contribution in [1.82, 2.24) is 4.98 Å². The molecule has 184 valence electrons. The van der Waals surface area contributed by atoms with Crippen molar-refractivity contribution in [1.29, 1.82) is 0 Å². The zero-order valence-electron chi connectivity index (χ0n) is 21.2. The molecule has 5 heteroatoms. The second kappa shape index (κ2) is 12.3. The van der Waals surface area contributed by atoms with Gasteiger partial charge < -0.3 is 10.2 Å². The molecule has 0 bridgehead atoms. The molecular formula is C30H37N3OS. The number of carbonyl (C=O) groups is 1. The quantitative estimate of drug-likeness (QED) is 0.329. The van der Waals surface area contributed by atoms with E-state index in [0.717, 1.165) is 48.0 Å². The first-order chi connectivity index (χ1) is 17.0. The molecule has 0 atom stereocenters. The van der Waals surface area contributed by atoms with Gasteiger partial charge in [-0.25, -0.2) is 0 Å². The minimum Gasteiger partial charge on any atom is -0.371 e. The van der Waals surface area contributed by atoms with Crippen molar-refractivity contribution in [3.05, 3.63) is 83.2 Å². The van der Waals surface area contributed by atoms with Gasteiger partial charge in [0.1, 0.15) is 0 Å². The van der Waals surface area contributed by atoms with Crippen molar-refractivity contribution in [2.75, 3.05) is 29.1 Å². The van der Waals surface area contributed by atoms with E-state index in [9.17, 15) is 4.79 Å². The fourth-order valence-corrected chi connectivity index (χ4v) is 5.31. The third-order valence-corrected chi connectivity index (χ3v) is 7.23. The fraction of sp³-hybridized carbons (Fsp3) is 0.400. The zero-order chi connectivity index (χ0) is 24.6. The third kappa shape index (κ3) is 7.35. The molecule has 0 unspecified atom stereocenters. The third-order valence-electron chi connectivity index (χ3n) is 6.37. The lowest BCUT2D eigenvalue weighted by Crippen LogP contribution is -2.31. The average Bonchev–Trinajstić information content (AvgIpc) is 2.84. The molecule has 0 saturated heterocycles. The Morgan fingerprint density at radius 3 is 2.60 bits per heavy atom. The van der Waals surface area contributed by atoms with Gasteiger partial charge in [-0.3, -0.25) is 9.78 Å². The highest BCUT2D eigenvalue weighted by atomic mass is 32.2. The number of nitrogens with one attached hydrogen (secondary N) is 1. The molecule has 0 aliphatic carbocycles. The normalized spacial score (nSPS) is 13.1. The maximum absolute atomic E-state index is 12.5. The van der Waals surface area contributed by atoms with Crippen molar-refractivity contribution in [3.63, 3.8) is 0 Å². The summed E-state index contributed by atoms with van der Waals surface area (Å²) in [5.74, 6) is 1.65. The highest BCUT2D eigenvalue weighted by Gasteiger charge is 2.17. The molecular weight excluding hydrogens is 450 g/mol. The minimum atomic E-state index is -0.0386. The second-order valence-electron chi connectivity index (χ2n) is 9.74. The van der Waals surface area contributed by atoms with Gasteiger partial charge >= 0.3 is 0 Å². The summed E-state index contributed by atoms with van der Waals surface area (Å²) in [5, 5.41) is 3.00. The van der Waals surface area contributed by atoms with Crippen LogP contribution in [0.4, 0.5) is 11.4 Å². The molecule has 1 aromatic heterocycles. The Kier molecular flexibility index (Phi) is 8.86. The number of hydrogen-bond acceptors (Lipinski definition) is 4. The van der Waals surface area contributed by atoms with E-state index < -0.39 is 0 Å². The van der Waals surface area contributed by atoms with Crippen LogP contribution in [-0.2, 0) is 30.5 Å². The molecule has 1 aliphatic rings. The molecule has 0 fully saturated rings. The zero-order valence-corrected chi connectivity index (χ0v) is 22.0. The monoisotopic (exact) mass is 487 g/mol. The summed E-state index contributed by atoms with van der Waals surface area (Å²) in [7, 11) is 0. The fourth-order valence-electron chi connectivity index (χ4n) is 4.68. The van der Waals surface area contributed by atoms with E-state index in [-0.39, 0.29) is 12.3 Å². The number of nitrogens with zero attached hydrogens (tertiary/aromatic N) is 2. The summed E-state index contributed by atoms with van der Waals surface area (Å²) in [5.41, 5.74) is 7.26. The molecule has 4 rings (SSSR count). The summed E-state index contributed by atoms with van der Waals surface area (Å²) in [4.78, 5) is 20.6. The molecule has 2 aromatic carbocycles. The van der Waals surface area contributed by atoms with E-state index in [1.54, 1.807) is 11.8 Å². The van der Waals surface area contributed by atoms with Gasteiger partial charge in [-0.15, -0.1) is 11.8 Å². The largest absolute Gasteiger partial charge is 0.371 e. The van der Waals surface area contributed by atoms with Gasteiger partial charge in [0, 0.05) is 41.3 Å². The van der Waals surface area contributed by atoms with Gasteiger partial charge in [-0.2, -0.15) is 0 Å². The Balaban J connectivity index is 1.30. The van der Waals surface area contributed by atoms with Crippen LogP contribution in [0, 0.1) is 5.92 Å². The maximum atomic E-state index is 12.5. The lowest BCUT2D eigenvalue weighted by atomic mass is 9.95. The van der Waals surface area contributed by atoms with Gasteiger partial charge in [0.2, 0.25) is 5.91 Å². The Bertz CT molecular complexity index is 1110. The number of fused-ring (bicyclic) bond motifs is 1. The first-order valence-corrected chi connectivity index (χ1v) is 13.8. The molecule has 0 saturated carbocycles. The number of amides is 1. The van der Waals surface area contributed by atoms with Crippen LogP contribution in [0.5, 0.6) is 0 Å². The van der Waals surface area contributed by atoms with E-state index >= 15 is 0 Å². The van der Waals surface area contributed by atoms with Crippen LogP contribution in [0.3, 0.4) is 0 Å². The number of benzene rings is 2. The molecule has 3 aromatic rings. The standard InChI is InChI=1S/C30H37N3OS/c1-4-35-28-14-13-27(31-21-28)20-30(34)32-26-11-8-23(9-12-26)15-17-33-16-5-6-25-10-7-24(18-22(2)3)19-29(25)33/h7-14,19,21-22H,4-6,15-18,20H2,1-3H3,(H,32,34). The van der Waals surface area contributed by atoms with E-state index in [0.29, 0.717) is 5.92 Å². The van der Waals surface area contributed by atoms with Crippen molar-refractivity contribution >= 4 is 29.0 Å². The molecule has 0 spiro atoms. The second-order valence-corrected chi connectivity index (χ2v) is 11.1. The number of anilines is 2. The number of rotatable bonds is 10. The van der Waals surface area contributed by atoms with Crippen LogP contribution in [-0.4, -0.2) is 29.7 Å². The van der Waals surface area contributed by atoms with Crippen LogP contribution in [0.1, 0.15) is 49.6 Å². The Morgan fingerprint density at radius 1 is 1.09 bits per heavy atom. The molecule has 35 heavy (non-hydrogen) atoms. The van der Waals surface area contributed by atoms with Crippen LogP contribution >= 0.6 is 11.8 Å². The lowest BCUT2D eigenvalue weighted by molar-refractivity contribution is -0.115. The number of carbonyl (C=O) groups excluding carboxylic acids is 1. The van der Waals surface area contributed by atoms with Crippen LogP contribution in [0.2, 0.25) is 0 Å². The predicted octanol–water partition coefficient (Wildman–Crippen LogP) is 6.57. The first kappa shape index (κ1) is 25.3. The van der Waals surface area contributed by atoms with Gasteiger partial charge in [-0.1, -0.05) is 45.0 Å². The summed E-state index contributed by atoms with van der Waals surface area (Å²) in [6.45, 7) is 8.82. The summed E-state index contributed by atoms with van der Waals surface area (Å²) >= 11 is 1.75. The Labute approximate surface area is 214 Å².